The van der Waals surface area contributed by atoms with Crippen LogP contribution in [-0.2, 0) is 23.8 Å². The zero-order valence-corrected chi connectivity index (χ0v) is 14.8. The fraction of sp³-hybridized carbons (Fsp3) is 0.421. The number of nitrogens with zero attached hydrogens (tertiary/aromatic N) is 1. The van der Waals surface area contributed by atoms with E-state index in [4.69, 9.17) is 9.47 Å². The van der Waals surface area contributed by atoms with Crippen molar-refractivity contribution < 1.29 is 28.6 Å². The van der Waals surface area contributed by atoms with Crippen molar-refractivity contribution in [1.82, 2.24) is 4.90 Å². The molecule has 1 saturated carbocycles. The van der Waals surface area contributed by atoms with Gasteiger partial charge in [0.15, 0.2) is 0 Å². The van der Waals surface area contributed by atoms with E-state index in [-0.39, 0.29) is 24.8 Å². The summed E-state index contributed by atoms with van der Waals surface area (Å²) in [4.78, 5) is 37.1. The highest BCUT2D eigenvalue weighted by atomic mass is 16.5. The van der Waals surface area contributed by atoms with Crippen molar-refractivity contribution in [3.05, 3.63) is 41.2 Å². The van der Waals surface area contributed by atoms with Crippen LogP contribution in [0.4, 0.5) is 0 Å². The van der Waals surface area contributed by atoms with Crippen LogP contribution in [0.1, 0.15) is 35.7 Å². The summed E-state index contributed by atoms with van der Waals surface area (Å²) in [5, 5.41) is 0. The van der Waals surface area contributed by atoms with Gasteiger partial charge in [-0.1, -0.05) is 12.1 Å². The lowest BCUT2D eigenvalue weighted by atomic mass is 10.0. The molecule has 1 heterocycles. The van der Waals surface area contributed by atoms with Crippen molar-refractivity contribution in [2.75, 3.05) is 26.9 Å². The minimum atomic E-state index is -0.481. The summed E-state index contributed by atoms with van der Waals surface area (Å²) in [6.45, 7) is 2.29. The molecule has 0 radical (unpaired) electrons. The van der Waals surface area contributed by atoms with E-state index in [9.17, 15) is 14.4 Å². The van der Waals surface area contributed by atoms with Gasteiger partial charge in [0.05, 0.1) is 25.9 Å². The number of rotatable bonds is 8. The third-order valence-electron chi connectivity index (χ3n) is 4.26. The van der Waals surface area contributed by atoms with Gasteiger partial charge in [-0.15, -0.1) is 0 Å². The van der Waals surface area contributed by atoms with Gasteiger partial charge in [-0.2, -0.15) is 0 Å². The molecular weight excluding hydrogens is 338 g/mol. The summed E-state index contributed by atoms with van der Waals surface area (Å²) in [6.07, 6.45) is 2.22. The first-order valence-electron chi connectivity index (χ1n) is 8.58. The summed E-state index contributed by atoms with van der Waals surface area (Å²) in [6, 6.07) is 6.62. The summed E-state index contributed by atoms with van der Waals surface area (Å²) < 4.78 is 15.3. The van der Waals surface area contributed by atoms with E-state index in [1.807, 2.05) is 0 Å². The molecule has 0 bridgehead atoms. The molecule has 1 fully saturated rings. The van der Waals surface area contributed by atoms with Crippen molar-refractivity contribution in [2.24, 2.45) is 5.92 Å². The Morgan fingerprint density at radius 2 is 1.88 bits per heavy atom. The van der Waals surface area contributed by atoms with Crippen LogP contribution in [0.2, 0.25) is 0 Å². The average molecular weight is 359 g/mol. The van der Waals surface area contributed by atoms with Crippen LogP contribution < -0.4 is 0 Å². The maximum Gasteiger partial charge on any atom is 0.337 e. The Labute approximate surface area is 151 Å². The first kappa shape index (κ1) is 18.0. The quantitative estimate of drug-likeness (QED) is 0.660. The summed E-state index contributed by atoms with van der Waals surface area (Å²) in [7, 11) is 1.31. The molecule has 2 aliphatic rings. The smallest absolute Gasteiger partial charge is 0.337 e. The highest BCUT2D eigenvalue weighted by molar-refractivity contribution is 6.13. The standard InChI is InChI=1S/C19H21NO6/c1-3-25-15(21)10-20-16(17(18(20)22)26-11-12-4-5-12)13-6-8-14(9-7-13)19(23)24-2/h6-9,12H,3-5,10-11H2,1-2H3. The van der Waals surface area contributed by atoms with Crippen molar-refractivity contribution >= 4 is 23.5 Å². The molecule has 0 saturated heterocycles. The van der Waals surface area contributed by atoms with E-state index in [0.29, 0.717) is 29.3 Å². The Morgan fingerprint density at radius 3 is 2.46 bits per heavy atom. The number of amides is 1. The van der Waals surface area contributed by atoms with Gasteiger partial charge >= 0.3 is 11.9 Å². The number of carbonyl (C=O) groups is 3. The lowest BCUT2D eigenvalue weighted by molar-refractivity contribution is -0.148. The zero-order chi connectivity index (χ0) is 18.7. The van der Waals surface area contributed by atoms with Crippen molar-refractivity contribution in [3.8, 4) is 0 Å². The lowest BCUT2D eigenvalue weighted by Crippen LogP contribution is -2.45. The monoisotopic (exact) mass is 359 g/mol. The van der Waals surface area contributed by atoms with Crippen LogP contribution in [-0.4, -0.2) is 49.6 Å². The number of hydrogen-bond donors (Lipinski definition) is 0. The Kier molecular flexibility index (Phi) is 5.25. The van der Waals surface area contributed by atoms with Crippen molar-refractivity contribution in [3.63, 3.8) is 0 Å². The summed E-state index contributed by atoms with van der Waals surface area (Å²) >= 11 is 0. The highest BCUT2D eigenvalue weighted by Crippen LogP contribution is 2.37. The SMILES string of the molecule is CCOC(=O)CN1C(=O)C(OCC2CC2)=C1c1ccc(C(=O)OC)cc1. The molecule has 1 aliphatic carbocycles. The second-order valence-corrected chi connectivity index (χ2v) is 6.20. The van der Waals surface area contributed by atoms with Gasteiger partial charge in [0.1, 0.15) is 12.2 Å². The number of benzene rings is 1. The van der Waals surface area contributed by atoms with Gasteiger partial charge in [0.2, 0.25) is 5.76 Å². The van der Waals surface area contributed by atoms with Gasteiger partial charge in [-0.25, -0.2) is 4.79 Å². The van der Waals surface area contributed by atoms with E-state index in [2.05, 4.69) is 4.74 Å². The van der Waals surface area contributed by atoms with E-state index < -0.39 is 11.9 Å². The fourth-order valence-corrected chi connectivity index (χ4v) is 2.67. The first-order chi connectivity index (χ1) is 12.5. The topological polar surface area (TPSA) is 82.1 Å². The molecule has 0 unspecified atom stereocenters. The number of esters is 2. The molecule has 26 heavy (non-hydrogen) atoms. The van der Waals surface area contributed by atoms with Crippen LogP contribution in [0.15, 0.2) is 30.0 Å². The van der Waals surface area contributed by atoms with E-state index in [0.717, 1.165) is 12.8 Å². The van der Waals surface area contributed by atoms with E-state index in [1.54, 1.807) is 31.2 Å². The predicted octanol–water partition coefficient (Wildman–Crippen LogP) is 1.97. The van der Waals surface area contributed by atoms with E-state index in [1.165, 1.54) is 12.0 Å². The van der Waals surface area contributed by atoms with E-state index >= 15 is 0 Å². The number of ether oxygens (including phenoxy) is 3. The molecule has 0 atom stereocenters. The van der Waals surface area contributed by atoms with Crippen LogP contribution in [0, 0.1) is 5.92 Å². The van der Waals surface area contributed by atoms with Crippen molar-refractivity contribution in [2.45, 2.75) is 19.8 Å². The Hall–Kier alpha value is -2.83. The molecule has 1 aliphatic heterocycles. The predicted molar refractivity (Wildman–Crippen MR) is 91.7 cm³/mol. The molecule has 1 amide bonds. The Bertz CT molecular complexity index is 748. The molecule has 0 aromatic heterocycles. The molecule has 7 heteroatoms. The molecule has 0 spiro atoms. The van der Waals surface area contributed by atoms with Crippen LogP contribution >= 0.6 is 0 Å². The third-order valence-corrected chi connectivity index (χ3v) is 4.26. The minimum Gasteiger partial charge on any atom is -0.486 e. The fourth-order valence-electron chi connectivity index (χ4n) is 2.67. The molecule has 138 valence electrons. The summed E-state index contributed by atoms with van der Waals surface area (Å²) in [5.41, 5.74) is 1.63. The molecule has 7 nitrogen and oxygen atoms in total. The molecule has 0 N–H and O–H groups in total. The Morgan fingerprint density at radius 1 is 1.19 bits per heavy atom. The average Bonchev–Trinajstić information content (AvgIpc) is 3.47. The van der Waals surface area contributed by atoms with Gasteiger partial charge in [0.25, 0.3) is 5.91 Å². The second-order valence-electron chi connectivity index (χ2n) is 6.20. The van der Waals surface area contributed by atoms with Gasteiger partial charge in [0, 0.05) is 5.56 Å². The minimum absolute atomic E-state index is 0.170. The molecular formula is C19H21NO6. The van der Waals surface area contributed by atoms with Crippen LogP contribution in [0.3, 0.4) is 0 Å². The highest BCUT2D eigenvalue weighted by Gasteiger charge is 2.41. The maximum absolute atomic E-state index is 12.4. The van der Waals surface area contributed by atoms with Crippen molar-refractivity contribution in [1.29, 1.82) is 0 Å². The Balaban J connectivity index is 1.83. The largest absolute Gasteiger partial charge is 0.486 e. The maximum atomic E-state index is 12.4. The normalized spacial score (nSPS) is 16.2. The molecule has 3 rings (SSSR count). The molecule has 1 aromatic rings. The van der Waals surface area contributed by atoms with Gasteiger partial charge < -0.3 is 14.2 Å². The molecule has 1 aromatic carbocycles. The summed E-state index contributed by atoms with van der Waals surface area (Å²) in [5.74, 6) is -0.496. The zero-order valence-electron chi connectivity index (χ0n) is 14.8. The van der Waals surface area contributed by atoms with Gasteiger partial charge in [-0.3, -0.25) is 14.5 Å². The van der Waals surface area contributed by atoms with Crippen LogP contribution in [0.5, 0.6) is 0 Å². The second kappa shape index (κ2) is 7.59. The number of carbonyl (C=O) groups excluding carboxylic acids is 3. The van der Waals surface area contributed by atoms with Crippen LogP contribution in [0.25, 0.3) is 5.70 Å². The third kappa shape index (κ3) is 3.71. The number of methoxy groups -OCH3 is 1. The number of hydrogen-bond acceptors (Lipinski definition) is 6. The van der Waals surface area contributed by atoms with Gasteiger partial charge in [-0.05, 0) is 37.8 Å². The lowest BCUT2D eigenvalue weighted by Gasteiger charge is -2.35. The first-order valence-corrected chi connectivity index (χ1v) is 8.58.